The summed E-state index contributed by atoms with van der Waals surface area (Å²) in [5, 5.41) is 31.1. The number of likely N-dealkylation sites (tertiary alicyclic amines) is 1. The van der Waals surface area contributed by atoms with E-state index >= 15 is 0 Å². The number of carbonyl (C=O) groups excluding carboxylic acids is 1. The van der Waals surface area contributed by atoms with Gasteiger partial charge in [-0.1, -0.05) is 12.1 Å². The number of carboxylic acids is 1. The normalized spacial score (nSPS) is 16.6. The lowest BCUT2D eigenvalue weighted by Crippen LogP contribution is -2.47. The molecular formula is C29H39F3N2O8. The molecule has 13 heteroatoms. The Bertz CT molecular complexity index is 1100. The smallest absolute Gasteiger partial charge is 0.490 e. The number of amides is 1. The average Bonchev–Trinajstić information content (AvgIpc) is 3.35. The lowest BCUT2D eigenvalue weighted by molar-refractivity contribution is -0.192. The molecule has 0 bridgehead atoms. The number of nitrogens with zero attached hydrogens (tertiary/aromatic N) is 1. The van der Waals surface area contributed by atoms with Crippen molar-refractivity contribution in [2.45, 2.75) is 63.6 Å². The molecular weight excluding hydrogens is 561 g/mol. The summed E-state index contributed by atoms with van der Waals surface area (Å²) in [6.07, 6.45) is -4.76. The number of methoxy groups -OCH3 is 1. The Balaban J connectivity index is 0.000000782. The third-order valence-corrected chi connectivity index (χ3v) is 6.14. The molecule has 1 amide bonds. The van der Waals surface area contributed by atoms with Crippen molar-refractivity contribution in [1.29, 1.82) is 0 Å². The standard InChI is InChI=1S/C27H38N2O6.C2HF3O2/c1-19(2)35-24-8-6-20(7-9-24)27(32)25(18-29-15-14-21(30)17-29)28-26(31)5-4-16-34-23-12-10-22(33-3)11-13-23;3-2(4,5)1(6)7/h6-13,19,21,25,27,30,32H,4-5,14-18H2,1-3H3,(H,28,31);(H,6,7)/t21-,25+,27+;/m0./s1. The van der Waals surface area contributed by atoms with Crippen molar-refractivity contribution in [3.63, 3.8) is 0 Å². The number of aliphatic hydroxyl groups is 2. The molecule has 1 saturated heterocycles. The molecule has 0 spiro atoms. The first kappa shape index (κ1) is 34.7. The maximum atomic E-state index is 12.7. The summed E-state index contributed by atoms with van der Waals surface area (Å²) in [6.45, 7) is 6.05. The molecule has 3 atom stereocenters. The first-order chi connectivity index (χ1) is 19.8. The van der Waals surface area contributed by atoms with Gasteiger partial charge in [0.15, 0.2) is 0 Å². The Hall–Kier alpha value is -3.55. The molecule has 42 heavy (non-hydrogen) atoms. The molecule has 0 saturated carbocycles. The number of rotatable bonds is 13. The van der Waals surface area contributed by atoms with Crippen LogP contribution in [0.15, 0.2) is 48.5 Å². The Morgan fingerprint density at radius 1 is 1.05 bits per heavy atom. The van der Waals surface area contributed by atoms with Gasteiger partial charge in [-0.15, -0.1) is 0 Å². The third-order valence-electron chi connectivity index (χ3n) is 6.14. The van der Waals surface area contributed by atoms with E-state index in [0.717, 1.165) is 23.8 Å². The van der Waals surface area contributed by atoms with Crippen LogP contribution in [0.4, 0.5) is 13.2 Å². The van der Waals surface area contributed by atoms with Crippen molar-refractivity contribution >= 4 is 11.9 Å². The first-order valence-electron chi connectivity index (χ1n) is 13.5. The number of nitrogens with one attached hydrogen (secondary N) is 1. The van der Waals surface area contributed by atoms with E-state index in [0.29, 0.717) is 38.1 Å². The molecule has 1 fully saturated rings. The summed E-state index contributed by atoms with van der Waals surface area (Å²) in [7, 11) is 1.61. The minimum atomic E-state index is -5.08. The summed E-state index contributed by atoms with van der Waals surface area (Å²) >= 11 is 0. The summed E-state index contributed by atoms with van der Waals surface area (Å²) in [4.78, 5) is 23.7. The molecule has 2 aromatic carbocycles. The van der Waals surface area contributed by atoms with Gasteiger partial charge in [-0.25, -0.2) is 4.79 Å². The number of aliphatic carboxylic acids is 1. The van der Waals surface area contributed by atoms with Crippen molar-refractivity contribution in [1.82, 2.24) is 10.2 Å². The van der Waals surface area contributed by atoms with E-state index < -0.39 is 24.3 Å². The van der Waals surface area contributed by atoms with Crippen LogP contribution in [0.5, 0.6) is 17.2 Å². The van der Waals surface area contributed by atoms with E-state index in [1.54, 1.807) is 7.11 Å². The number of carboxylic acid groups (broad SMARTS) is 1. The predicted octanol–water partition coefficient (Wildman–Crippen LogP) is 3.56. The molecule has 0 unspecified atom stereocenters. The van der Waals surface area contributed by atoms with Crippen molar-refractivity contribution in [2.24, 2.45) is 0 Å². The quantitative estimate of drug-likeness (QED) is 0.254. The van der Waals surface area contributed by atoms with Crippen LogP contribution < -0.4 is 19.5 Å². The summed E-state index contributed by atoms with van der Waals surface area (Å²) in [6, 6.07) is 14.1. The van der Waals surface area contributed by atoms with Crippen molar-refractivity contribution < 1.29 is 52.3 Å². The number of carbonyl (C=O) groups is 2. The van der Waals surface area contributed by atoms with Gasteiger partial charge in [0, 0.05) is 26.1 Å². The van der Waals surface area contributed by atoms with Gasteiger partial charge in [0.25, 0.3) is 0 Å². The zero-order valence-corrected chi connectivity index (χ0v) is 23.8. The number of hydrogen-bond acceptors (Lipinski definition) is 8. The number of hydrogen-bond donors (Lipinski definition) is 4. The molecule has 0 radical (unpaired) electrons. The highest BCUT2D eigenvalue weighted by atomic mass is 19.4. The van der Waals surface area contributed by atoms with Crippen LogP contribution in [-0.2, 0) is 9.59 Å². The second-order valence-corrected chi connectivity index (χ2v) is 9.99. The molecule has 1 heterocycles. The molecule has 2 aromatic rings. The second kappa shape index (κ2) is 16.8. The van der Waals surface area contributed by atoms with Gasteiger partial charge >= 0.3 is 12.1 Å². The van der Waals surface area contributed by atoms with Gasteiger partial charge in [0.1, 0.15) is 23.4 Å². The van der Waals surface area contributed by atoms with Gasteiger partial charge in [0.2, 0.25) is 5.91 Å². The average molecular weight is 601 g/mol. The Morgan fingerprint density at radius 3 is 2.12 bits per heavy atom. The van der Waals surface area contributed by atoms with E-state index in [1.807, 2.05) is 62.4 Å². The Kier molecular flexibility index (Phi) is 13.8. The fourth-order valence-electron chi connectivity index (χ4n) is 4.10. The molecule has 4 N–H and O–H groups in total. The van der Waals surface area contributed by atoms with E-state index in [4.69, 9.17) is 24.1 Å². The maximum absolute atomic E-state index is 12.7. The predicted molar refractivity (Wildman–Crippen MR) is 148 cm³/mol. The Morgan fingerprint density at radius 2 is 1.62 bits per heavy atom. The molecule has 0 aromatic heterocycles. The van der Waals surface area contributed by atoms with Gasteiger partial charge in [0.05, 0.1) is 32.0 Å². The minimum absolute atomic E-state index is 0.0631. The van der Waals surface area contributed by atoms with Crippen LogP contribution in [0.25, 0.3) is 0 Å². The van der Waals surface area contributed by atoms with Crippen LogP contribution in [0.3, 0.4) is 0 Å². The number of benzene rings is 2. The molecule has 10 nitrogen and oxygen atoms in total. The second-order valence-electron chi connectivity index (χ2n) is 9.99. The molecule has 1 aliphatic heterocycles. The van der Waals surface area contributed by atoms with Crippen molar-refractivity contribution in [3.05, 3.63) is 54.1 Å². The summed E-state index contributed by atoms with van der Waals surface area (Å²) in [5.74, 6) is -0.693. The SMILES string of the molecule is COc1ccc(OCCCC(=O)N[C@H](CN2CC[C@H](O)C2)[C@H](O)c2ccc(OC(C)C)cc2)cc1.O=C(O)C(F)(F)F. The molecule has 234 valence electrons. The highest BCUT2D eigenvalue weighted by Crippen LogP contribution is 2.23. The van der Waals surface area contributed by atoms with Gasteiger partial charge in [-0.2, -0.15) is 13.2 Å². The van der Waals surface area contributed by atoms with Gasteiger partial charge in [-0.3, -0.25) is 9.69 Å². The van der Waals surface area contributed by atoms with E-state index in [2.05, 4.69) is 10.2 Å². The fraction of sp³-hybridized carbons (Fsp3) is 0.517. The maximum Gasteiger partial charge on any atom is 0.490 e. The van der Waals surface area contributed by atoms with Crippen LogP contribution in [0, 0.1) is 0 Å². The highest BCUT2D eigenvalue weighted by Gasteiger charge is 2.38. The topological polar surface area (TPSA) is 138 Å². The summed E-state index contributed by atoms with van der Waals surface area (Å²) in [5.41, 5.74) is 0.703. The number of β-amino-alcohol motifs (C(OH)–C–C–N with tert-alkyl or cyclic N) is 1. The largest absolute Gasteiger partial charge is 0.497 e. The first-order valence-corrected chi connectivity index (χ1v) is 13.5. The number of aliphatic hydroxyl groups excluding tert-OH is 2. The summed E-state index contributed by atoms with van der Waals surface area (Å²) < 4.78 is 48.3. The van der Waals surface area contributed by atoms with Gasteiger partial charge in [-0.05, 0) is 68.7 Å². The number of halogens is 3. The number of alkyl halides is 3. The Labute approximate surface area is 243 Å². The van der Waals surface area contributed by atoms with E-state index in [9.17, 15) is 28.2 Å². The van der Waals surface area contributed by atoms with Crippen LogP contribution in [-0.4, -0.2) is 89.9 Å². The minimum Gasteiger partial charge on any atom is -0.497 e. The number of ether oxygens (including phenoxy) is 3. The molecule has 3 rings (SSSR count). The highest BCUT2D eigenvalue weighted by molar-refractivity contribution is 5.76. The fourth-order valence-corrected chi connectivity index (χ4v) is 4.10. The lowest BCUT2D eigenvalue weighted by atomic mass is 10.0. The lowest BCUT2D eigenvalue weighted by Gasteiger charge is -2.29. The van der Waals surface area contributed by atoms with E-state index in [-0.39, 0.29) is 24.5 Å². The molecule has 0 aliphatic carbocycles. The zero-order chi connectivity index (χ0) is 31.3. The third kappa shape index (κ3) is 12.5. The zero-order valence-electron chi connectivity index (χ0n) is 23.8. The van der Waals surface area contributed by atoms with E-state index in [1.165, 1.54) is 0 Å². The van der Waals surface area contributed by atoms with Gasteiger partial charge < -0.3 is 34.8 Å². The van der Waals surface area contributed by atoms with Crippen molar-refractivity contribution in [3.8, 4) is 17.2 Å². The monoisotopic (exact) mass is 600 g/mol. The molecule has 1 aliphatic rings. The van der Waals surface area contributed by atoms with Crippen LogP contribution in [0.1, 0.15) is 44.8 Å². The van der Waals surface area contributed by atoms with Crippen molar-refractivity contribution in [2.75, 3.05) is 33.4 Å². The van der Waals surface area contributed by atoms with Crippen LogP contribution >= 0.6 is 0 Å². The van der Waals surface area contributed by atoms with Crippen LogP contribution in [0.2, 0.25) is 0 Å².